The van der Waals surface area contributed by atoms with Crippen LogP contribution in [0.15, 0.2) is 18.2 Å². The van der Waals surface area contributed by atoms with Gasteiger partial charge < -0.3 is 20.3 Å². The van der Waals surface area contributed by atoms with Crippen LogP contribution in [0.1, 0.15) is 10.4 Å². The van der Waals surface area contributed by atoms with E-state index in [1.165, 1.54) is 19.2 Å². The number of benzene rings is 1. The maximum absolute atomic E-state index is 13.4. The number of aliphatic hydroxyl groups excluding tert-OH is 2. The summed E-state index contributed by atoms with van der Waals surface area (Å²) in [6.07, 6.45) is -1.07. The van der Waals surface area contributed by atoms with E-state index < -0.39 is 24.4 Å². The number of ether oxygens (including phenoxy) is 1. The second kappa shape index (κ2) is 6.17. The summed E-state index contributed by atoms with van der Waals surface area (Å²) < 4.78 is 18.3. The van der Waals surface area contributed by atoms with E-state index in [9.17, 15) is 9.18 Å². The Morgan fingerprint density at radius 3 is 2.88 bits per heavy atom. The molecule has 0 radical (unpaired) electrons. The third-order valence-electron chi connectivity index (χ3n) is 2.13. The molecule has 0 saturated heterocycles. The summed E-state index contributed by atoms with van der Waals surface area (Å²) >= 11 is 0. The molecule has 1 unspecified atom stereocenters. The highest BCUT2D eigenvalue weighted by Crippen LogP contribution is 2.20. The minimum atomic E-state index is -1.07. The SMILES string of the molecule is COc1cccc(F)c1C(=O)NCC(O)CO. The maximum Gasteiger partial charge on any atom is 0.258 e. The fourth-order valence-electron chi connectivity index (χ4n) is 1.26. The first-order valence-electron chi connectivity index (χ1n) is 4.99. The number of amides is 1. The highest BCUT2D eigenvalue weighted by atomic mass is 19.1. The number of carbonyl (C=O) groups is 1. The molecular weight excluding hydrogens is 229 g/mol. The first-order chi connectivity index (χ1) is 8.10. The summed E-state index contributed by atoms with van der Waals surface area (Å²) in [6.45, 7) is -0.637. The van der Waals surface area contributed by atoms with Crippen molar-refractivity contribution < 1.29 is 24.1 Å². The quantitative estimate of drug-likeness (QED) is 0.675. The predicted molar refractivity (Wildman–Crippen MR) is 58.4 cm³/mol. The molecule has 1 rings (SSSR count). The van der Waals surface area contributed by atoms with E-state index >= 15 is 0 Å². The summed E-state index contributed by atoms with van der Waals surface area (Å²) in [7, 11) is 1.33. The highest BCUT2D eigenvalue weighted by molar-refractivity contribution is 5.97. The molecule has 94 valence electrons. The van der Waals surface area contributed by atoms with Crippen LogP contribution in [0.2, 0.25) is 0 Å². The van der Waals surface area contributed by atoms with Crippen LogP contribution in [-0.4, -0.2) is 42.5 Å². The van der Waals surface area contributed by atoms with E-state index in [0.29, 0.717) is 0 Å². The Bertz CT molecular complexity index is 397. The number of nitrogens with one attached hydrogen (secondary N) is 1. The number of hydrogen-bond donors (Lipinski definition) is 3. The first-order valence-corrected chi connectivity index (χ1v) is 4.99. The number of hydrogen-bond acceptors (Lipinski definition) is 4. The molecule has 0 spiro atoms. The van der Waals surface area contributed by atoms with Gasteiger partial charge in [0.15, 0.2) is 0 Å². The molecule has 0 fully saturated rings. The second-order valence-electron chi connectivity index (χ2n) is 3.36. The van der Waals surface area contributed by atoms with Gasteiger partial charge in [0.25, 0.3) is 5.91 Å². The summed E-state index contributed by atoms with van der Waals surface area (Å²) in [4.78, 5) is 11.6. The molecule has 5 nitrogen and oxygen atoms in total. The van der Waals surface area contributed by atoms with E-state index in [1.807, 2.05) is 0 Å². The Hall–Kier alpha value is -1.66. The van der Waals surface area contributed by atoms with Gasteiger partial charge in [-0.05, 0) is 12.1 Å². The van der Waals surface area contributed by atoms with Gasteiger partial charge in [-0.1, -0.05) is 6.07 Å². The molecule has 3 N–H and O–H groups in total. The van der Waals surface area contributed by atoms with Crippen LogP contribution in [0.3, 0.4) is 0 Å². The lowest BCUT2D eigenvalue weighted by Crippen LogP contribution is -2.34. The molecule has 0 aromatic heterocycles. The van der Waals surface area contributed by atoms with Crippen LogP contribution in [0.4, 0.5) is 4.39 Å². The molecular formula is C11H14FNO4. The molecule has 0 heterocycles. The second-order valence-corrected chi connectivity index (χ2v) is 3.36. The van der Waals surface area contributed by atoms with Gasteiger partial charge in [-0.3, -0.25) is 4.79 Å². The molecule has 0 bridgehead atoms. The first kappa shape index (κ1) is 13.4. The molecule has 1 amide bonds. The van der Waals surface area contributed by atoms with Crippen LogP contribution < -0.4 is 10.1 Å². The zero-order valence-corrected chi connectivity index (χ0v) is 9.31. The number of carbonyl (C=O) groups excluding carboxylic acids is 1. The Labute approximate surface area is 97.8 Å². The summed E-state index contributed by atoms with van der Waals surface area (Å²) in [5, 5.41) is 19.9. The summed E-state index contributed by atoms with van der Waals surface area (Å²) in [6, 6.07) is 4.02. The molecule has 1 aromatic rings. The van der Waals surface area contributed by atoms with Gasteiger partial charge >= 0.3 is 0 Å². The van der Waals surface area contributed by atoms with Crippen molar-refractivity contribution in [3.05, 3.63) is 29.6 Å². The lowest BCUT2D eigenvalue weighted by atomic mass is 10.1. The van der Waals surface area contributed by atoms with Crippen molar-refractivity contribution in [1.29, 1.82) is 0 Å². The average molecular weight is 243 g/mol. The van der Waals surface area contributed by atoms with Gasteiger partial charge in [-0.25, -0.2) is 4.39 Å². The van der Waals surface area contributed by atoms with Gasteiger partial charge in [-0.2, -0.15) is 0 Å². The largest absolute Gasteiger partial charge is 0.496 e. The smallest absolute Gasteiger partial charge is 0.258 e. The Morgan fingerprint density at radius 1 is 1.59 bits per heavy atom. The van der Waals surface area contributed by atoms with Gasteiger partial charge in [-0.15, -0.1) is 0 Å². The molecule has 1 atom stereocenters. The van der Waals surface area contributed by atoms with Crippen molar-refractivity contribution >= 4 is 5.91 Å². The van der Waals surface area contributed by atoms with Crippen LogP contribution >= 0.6 is 0 Å². The van der Waals surface area contributed by atoms with Crippen molar-refractivity contribution in [1.82, 2.24) is 5.32 Å². The molecule has 6 heteroatoms. The van der Waals surface area contributed by atoms with Crippen molar-refractivity contribution in [3.63, 3.8) is 0 Å². The van der Waals surface area contributed by atoms with Gasteiger partial charge in [0.05, 0.1) is 19.8 Å². The maximum atomic E-state index is 13.4. The third-order valence-corrected chi connectivity index (χ3v) is 2.13. The number of rotatable bonds is 5. The number of methoxy groups -OCH3 is 1. The van der Waals surface area contributed by atoms with Crippen LogP contribution in [0, 0.1) is 5.82 Å². The summed E-state index contributed by atoms with van der Waals surface area (Å²) in [5.74, 6) is -1.30. The van der Waals surface area contributed by atoms with E-state index in [-0.39, 0.29) is 17.9 Å². The topological polar surface area (TPSA) is 78.8 Å². The van der Waals surface area contributed by atoms with E-state index in [0.717, 1.165) is 6.07 Å². The minimum Gasteiger partial charge on any atom is -0.496 e. The van der Waals surface area contributed by atoms with Gasteiger partial charge in [0.1, 0.15) is 17.1 Å². The van der Waals surface area contributed by atoms with Gasteiger partial charge in [0.2, 0.25) is 0 Å². The number of halogens is 1. The lowest BCUT2D eigenvalue weighted by Gasteiger charge is -2.11. The Morgan fingerprint density at radius 2 is 2.29 bits per heavy atom. The Balaban J connectivity index is 2.81. The standard InChI is InChI=1S/C11H14FNO4/c1-17-9-4-2-3-8(12)10(9)11(16)13-5-7(15)6-14/h2-4,7,14-15H,5-6H2,1H3,(H,13,16). The predicted octanol–water partition coefficient (Wildman–Crippen LogP) is -0.0827. The van der Waals surface area contributed by atoms with Gasteiger partial charge in [0, 0.05) is 6.54 Å². The Kier molecular flexibility index (Phi) is 4.86. The molecule has 0 saturated carbocycles. The monoisotopic (exact) mass is 243 g/mol. The van der Waals surface area contributed by atoms with Crippen LogP contribution in [0.5, 0.6) is 5.75 Å². The van der Waals surface area contributed by atoms with Crippen molar-refractivity contribution in [2.24, 2.45) is 0 Å². The van der Waals surface area contributed by atoms with Crippen molar-refractivity contribution in [2.45, 2.75) is 6.10 Å². The zero-order valence-electron chi connectivity index (χ0n) is 9.31. The van der Waals surface area contributed by atoms with E-state index in [2.05, 4.69) is 5.32 Å². The highest BCUT2D eigenvalue weighted by Gasteiger charge is 2.17. The summed E-state index contributed by atoms with van der Waals surface area (Å²) in [5.41, 5.74) is -0.222. The van der Waals surface area contributed by atoms with E-state index in [1.54, 1.807) is 0 Å². The fourth-order valence-corrected chi connectivity index (χ4v) is 1.26. The lowest BCUT2D eigenvalue weighted by molar-refractivity contribution is 0.0797. The molecule has 0 aliphatic heterocycles. The van der Waals surface area contributed by atoms with Crippen LogP contribution in [0.25, 0.3) is 0 Å². The minimum absolute atomic E-state index is 0.112. The molecule has 0 aliphatic rings. The molecule has 17 heavy (non-hydrogen) atoms. The number of aliphatic hydroxyl groups is 2. The van der Waals surface area contributed by atoms with E-state index in [4.69, 9.17) is 14.9 Å². The average Bonchev–Trinajstić information content (AvgIpc) is 2.34. The normalized spacial score (nSPS) is 12.0. The van der Waals surface area contributed by atoms with Crippen molar-refractivity contribution in [2.75, 3.05) is 20.3 Å². The van der Waals surface area contributed by atoms with Crippen LogP contribution in [-0.2, 0) is 0 Å². The molecule has 0 aliphatic carbocycles. The van der Waals surface area contributed by atoms with Crippen molar-refractivity contribution in [3.8, 4) is 5.75 Å². The zero-order chi connectivity index (χ0) is 12.8. The fraction of sp³-hybridized carbons (Fsp3) is 0.364. The third kappa shape index (κ3) is 3.40. The molecule has 1 aromatic carbocycles.